The minimum Gasteiger partial charge on any atom is -0.481 e. The molecule has 4 aliphatic rings. The minimum atomic E-state index is -0.699. The van der Waals surface area contributed by atoms with Crippen LogP contribution >= 0.6 is 0 Å². The van der Waals surface area contributed by atoms with Gasteiger partial charge in [0.1, 0.15) is 13.6 Å². The normalized spacial score (nSPS) is 25.8. The van der Waals surface area contributed by atoms with Crippen LogP contribution in [0.25, 0.3) is 0 Å². The van der Waals surface area contributed by atoms with Crippen LogP contribution in [-0.2, 0) is 4.79 Å². The predicted octanol–water partition coefficient (Wildman–Crippen LogP) is 2.89. The van der Waals surface area contributed by atoms with Gasteiger partial charge in [-0.05, 0) is 12.8 Å². The van der Waals surface area contributed by atoms with Gasteiger partial charge in [0.25, 0.3) is 0 Å². The molecule has 2 unspecified atom stereocenters. The number of unbranched alkanes of at least 4 members (excludes halogenated alkanes) is 2. The summed E-state index contributed by atoms with van der Waals surface area (Å²) in [7, 11) is 2.08. The predicted molar refractivity (Wildman–Crippen MR) is 98.0 cm³/mol. The lowest BCUT2D eigenvalue weighted by Crippen LogP contribution is -2.35. The zero-order valence-electron chi connectivity index (χ0n) is 14.6. The number of allylic oxidation sites excluding steroid dienone is 8. The molecule has 2 aliphatic carbocycles. The number of hydrogen-bond donors (Lipinski definition) is 1. The summed E-state index contributed by atoms with van der Waals surface area (Å²) < 4.78 is 4.42. The molecule has 4 heteroatoms. The molecule has 2 aliphatic heterocycles. The highest BCUT2D eigenvalue weighted by atomic mass is 16.4. The Morgan fingerprint density at radius 3 is 2.36 bits per heavy atom. The van der Waals surface area contributed by atoms with Gasteiger partial charge in [-0.15, -0.1) is 0 Å². The molecule has 2 atom stereocenters. The van der Waals surface area contributed by atoms with E-state index in [-0.39, 0.29) is 6.42 Å². The molecule has 25 heavy (non-hydrogen) atoms. The molecule has 0 bridgehead atoms. The fraction of sp³-hybridized carbons (Fsp3) is 0.381. The van der Waals surface area contributed by atoms with Crippen LogP contribution < -0.4 is 0 Å². The van der Waals surface area contributed by atoms with Crippen LogP contribution in [0.2, 0.25) is 0 Å². The van der Waals surface area contributed by atoms with Gasteiger partial charge in [0.05, 0.1) is 0 Å². The number of nitrogens with zero attached hydrogens (tertiary/aromatic N) is 2. The number of aliphatic carboxylic acids is 1. The molecule has 1 N–H and O–H groups in total. The molecule has 0 aromatic heterocycles. The van der Waals surface area contributed by atoms with Gasteiger partial charge in [0, 0.05) is 47.0 Å². The summed E-state index contributed by atoms with van der Waals surface area (Å²) in [6.07, 6.45) is 21.0. The molecule has 0 aromatic rings. The highest BCUT2D eigenvalue weighted by Gasteiger charge is 2.42. The van der Waals surface area contributed by atoms with Crippen LogP contribution in [-0.4, -0.2) is 46.2 Å². The van der Waals surface area contributed by atoms with E-state index in [2.05, 4.69) is 65.3 Å². The fourth-order valence-electron chi connectivity index (χ4n) is 4.25. The summed E-state index contributed by atoms with van der Waals surface area (Å²) in [5, 5.41) is 8.72. The second-order valence-corrected chi connectivity index (χ2v) is 7.25. The van der Waals surface area contributed by atoms with Gasteiger partial charge < -0.3 is 5.11 Å². The summed E-state index contributed by atoms with van der Waals surface area (Å²) in [5.74, 6) is 0.182. The van der Waals surface area contributed by atoms with Crippen molar-refractivity contribution in [2.45, 2.75) is 25.7 Å². The van der Waals surface area contributed by atoms with E-state index < -0.39 is 5.97 Å². The summed E-state index contributed by atoms with van der Waals surface area (Å²) >= 11 is 0. The largest absolute Gasteiger partial charge is 0.481 e. The molecule has 0 saturated heterocycles. The van der Waals surface area contributed by atoms with E-state index in [0.717, 1.165) is 25.8 Å². The molecule has 4 rings (SSSR count). The first kappa shape index (κ1) is 16.0. The minimum absolute atomic E-state index is 0.274. The lowest BCUT2D eigenvalue weighted by atomic mass is 9.66. The molecule has 2 heterocycles. The first-order chi connectivity index (χ1) is 12.1. The van der Waals surface area contributed by atoms with Crippen molar-refractivity contribution in [3.05, 3.63) is 59.0 Å². The lowest BCUT2D eigenvalue weighted by Gasteiger charge is -2.36. The topological polar surface area (TPSA) is 43.3 Å². The van der Waals surface area contributed by atoms with Crippen LogP contribution in [0.1, 0.15) is 25.7 Å². The molecule has 4 nitrogen and oxygen atoms in total. The molecular formula is C21H24N2O2+2. The Labute approximate surface area is 148 Å². The van der Waals surface area contributed by atoms with Crippen molar-refractivity contribution in [1.82, 2.24) is 0 Å². The molecule has 0 spiro atoms. The van der Waals surface area contributed by atoms with Crippen molar-refractivity contribution in [3.63, 3.8) is 0 Å². The van der Waals surface area contributed by atoms with Gasteiger partial charge in [0.2, 0.25) is 0 Å². The third-order valence-electron chi connectivity index (χ3n) is 5.35. The standard InChI is InChI=1S/C21H23N2O2/c1-22-11-15-6-8-17-13-23(10-4-2-3-5-19(24)25)14-18-9-7-16(12-22)20(15)21(17)18/h6-9,11-14,20-21H,2-5,10H2,1H3/q+1/p+1. The molecule has 128 valence electrons. The van der Waals surface area contributed by atoms with Crippen molar-refractivity contribution in [3.8, 4) is 0 Å². The zero-order valence-corrected chi connectivity index (χ0v) is 14.6. The quantitative estimate of drug-likeness (QED) is 0.599. The summed E-state index contributed by atoms with van der Waals surface area (Å²) in [6, 6.07) is 0. The second kappa shape index (κ2) is 6.43. The number of rotatable bonds is 6. The first-order valence-corrected chi connectivity index (χ1v) is 9.04. The molecule has 0 aromatic carbocycles. The average Bonchev–Trinajstić information content (AvgIpc) is 2.58. The fourth-order valence-corrected chi connectivity index (χ4v) is 4.25. The maximum absolute atomic E-state index is 10.6. The zero-order chi connectivity index (χ0) is 17.4. The molecule has 0 saturated carbocycles. The van der Waals surface area contributed by atoms with E-state index in [1.807, 2.05) is 0 Å². The number of hydrogen-bond acceptors (Lipinski definition) is 1. The average molecular weight is 336 g/mol. The van der Waals surface area contributed by atoms with E-state index in [9.17, 15) is 4.79 Å². The van der Waals surface area contributed by atoms with Crippen LogP contribution in [0.5, 0.6) is 0 Å². The third kappa shape index (κ3) is 3.09. The van der Waals surface area contributed by atoms with Gasteiger partial charge >= 0.3 is 5.97 Å². The van der Waals surface area contributed by atoms with Gasteiger partial charge in [-0.25, -0.2) is 9.15 Å². The van der Waals surface area contributed by atoms with Crippen molar-refractivity contribution >= 4 is 18.4 Å². The van der Waals surface area contributed by atoms with Crippen LogP contribution in [0.3, 0.4) is 0 Å². The highest BCUT2D eigenvalue weighted by molar-refractivity contribution is 5.86. The SMILES string of the molecule is C[N+]1=CC2=CC=C3C=[N+](CCCCCC(=O)O)C=C4C=CC(=C1)C2C34. The third-order valence-corrected chi connectivity index (χ3v) is 5.35. The van der Waals surface area contributed by atoms with Gasteiger partial charge in [-0.3, -0.25) is 4.79 Å². The van der Waals surface area contributed by atoms with Crippen molar-refractivity contribution in [1.29, 1.82) is 0 Å². The maximum atomic E-state index is 10.6. The highest BCUT2D eigenvalue weighted by Crippen LogP contribution is 2.45. The number of carbonyl (C=O) groups is 1. The maximum Gasteiger partial charge on any atom is 0.303 e. The van der Waals surface area contributed by atoms with E-state index >= 15 is 0 Å². The Morgan fingerprint density at radius 1 is 0.960 bits per heavy atom. The van der Waals surface area contributed by atoms with E-state index in [0.29, 0.717) is 11.8 Å². The molecule has 0 radical (unpaired) electrons. The Balaban J connectivity index is 1.53. The van der Waals surface area contributed by atoms with Crippen molar-refractivity contribution in [2.75, 3.05) is 13.6 Å². The van der Waals surface area contributed by atoms with E-state index in [1.54, 1.807) is 0 Å². The van der Waals surface area contributed by atoms with Crippen LogP contribution in [0, 0.1) is 11.8 Å². The molecule has 0 fully saturated rings. The number of carboxylic acid groups (broad SMARTS) is 1. The van der Waals surface area contributed by atoms with Crippen LogP contribution in [0.15, 0.2) is 59.0 Å². The monoisotopic (exact) mass is 336 g/mol. The first-order valence-electron chi connectivity index (χ1n) is 9.04. The number of carboxylic acids is 1. The second-order valence-electron chi connectivity index (χ2n) is 7.25. The Hall–Kier alpha value is -2.49. The van der Waals surface area contributed by atoms with E-state index in [4.69, 9.17) is 5.11 Å². The van der Waals surface area contributed by atoms with Gasteiger partial charge in [-0.1, -0.05) is 24.3 Å². The summed E-state index contributed by atoms with van der Waals surface area (Å²) in [5.41, 5.74) is 5.54. The molecule has 0 amide bonds. The Morgan fingerprint density at radius 2 is 1.64 bits per heavy atom. The van der Waals surface area contributed by atoms with Crippen molar-refractivity contribution < 1.29 is 19.1 Å². The Bertz CT molecular complexity index is 834. The van der Waals surface area contributed by atoms with Crippen LogP contribution in [0.4, 0.5) is 0 Å². The summed E-state index contributed by atoms with van der Waals surface area (Å²) in [4.78, 5) is 10.6. The smallest absolute Gasteiger partial charge is 0.303 e. The van der Waals surface area contributed by atoms with Gasteiger partial charge in [0.15, 0.2) is 24.8 Å². The van der Waals surface area contributed by atoms with Crippen molar-refractivity contribution in [2.24, 2.45) is 11.8 Å². The lowest BCUT2D eigenvalue weighted by molar-refractivity contribution is -0.455. The summed E-state index contributed by atoms with van der Waals surface area (Å²) in [6.45, 7) is 0.944. The van der Waals surface area contributed by atoms with Gasteiger partial charge in [-0.2, -0.15) is 0 Å². The Kier molecular flexibility index (Phi) is 4.12. The van der Waals surface area contributed by atoms with E-state index in [1.165, 1.54) is 22.3 Å². The molecular weight excluding hydrogens is 312 g/mol.